The highest BCUT2D eigenvalue weighted by atomic mass is 35.5. The summed E-state index contributed by atoms with van der Waals surface area (Å²) in [6.45, 7) is 7.21. The number of hydrogen-bond acceptors (Lipinski definition) is 4. The first-order valence-electron chi connectivity index (χ1n) is 5.05. The maximum absolute atomic E-state index is 10.00. The molecule has 0 aromatic carbocycles. The second kappa shape index (κ2) is 4.11. The van der Waals surface area contributed by atoms with Gasteiger partial charge in [0, 0.05) is 6.20 Å². The summed E-state index contributed by atoms with van der Waals surface area (Å²) in [7, 11) is 0. The van der Waals surface area contributed by atoms with Crippen LogP contribution in [0.3, 0.4) is 0 Å². The molecule has 0 fully saturated rings. The molecule has 1 aromatic heterocycles. The van der Waals surface area contributed by atoms with Crippen LogP contribution >= 0.6 is 11.6 Å². The highest BCUT2D eigenvalue weighted by Crippen LogP contribution is 2.28. The van der Waals surface area contributed by atoms with Gasteiger partial charge in [0.1, 0.15) is 5.82 Å². The Kier molecular flexibility index (Phi) is 3.35. The van der Waals surface area contributed by atoms with Gasteiger partial charge in [0.15, 0.2) is 0 Å². The maximum atomic E-state index is 10.00. The van der Waals surface area contributed by atoms with Crippen molar-refractivity contribution in [3.63, 3.8) is 0 Å². The summed E-state index contributed by atoms with van der Waals surface area (Å²) in [5.41, 5.74) is 4.79. The Morgan fingerprint density at radius 3 is 2.38 bits per heavy atom. The fraction of sp³-hybridized carbons (Fsp3) is 0.545. The van der Waals surface area contributed by atoms with Gasteiger partial charge in [-0.15, -0.1) is 0 Å². The van der Waals surface area contributed by atoms with Gasteiger partial charge in [-0.2, -0.15) is 0 Å². The summed E-state index contributed by atoms with van der Waals surface area (Å²) < 4.78 is 0. The van der Waals surface area contributed by atoms with Crippen LogP contribution in [0, 0.1) is 0 Å². The van der Waals surface area contributed by atoms with E-state index in [0.29, 0.717) is 16.5 Å². The highest BCUT2D eigenvalue weighted by Gasteiger charge is 2.35. The second-order valence-corrected chi connectivity index (χ2v) is 5.34. The lowest BCUT2D eigenvalue weighted by Gasteiger charge is -2.38. The lowest BCUT2D eigenvalue weighted by atomic mass is 9.86. The van der Waals surface area contributed by atoms with Crippen LogP contribution in [-0.2, 0) is 0 Å². The molecular formula is C11H18ClN3O. The van der Waals surface area contributed by atoms with Crippen LogP contribution in [0.2, 0.25) is 5.02 Å². The summed E-state index contributed by atoms with van der Waals surface area (Å²) in [4.78, 5) is 4.10. The van der Waals surface area contributed by atoms with Crippen LogP contribution in [-0.4, -0.2) is 21.2 Å². The zero-order valence-corrected chi connectivity index (χ0v) is 10.8. The molecule has 0 saturated carbocycles. The minimum absolute atomic E-state index is 0.463. The largest absolute Gasteiger partial charge is 0.396 e. The number of aliphatic hydroxyl groups is 1. The molecule has 0 aliphatic heterocycles. The minimum Gasteiger partial charge on any atom is -0.396 e. The van der Waals surface area contributed by atoms with Crippen LogP contribution in [0.5, 0.6) is 0 Å². The van der Waals surface area contributed by atoms with E-state index in [-0.39, 0.29) is 0 Å². The van der Waals surface area contributed by atoms with Gasteiger partial charge >= 0.3 is 0 Å². The zero-order valence-electron chi connectivity index (χ0n) is 10.0. The van der Waals surface area contributed by atoms with Gasteiger partial charge in [0.25, 0.3) is 0 Å². The monoisotopic (exact) mass is 243 g/mol. The molecule has 1 heterocycles. The zero-order chi connectivity index (χ0) is 12.6. The van der Waals surface area contributed by atoms with Crippen molar-refractivity contribution >= 4 is 23.1 Å². The molecule has 16 heavy (non-hydrogen) atoms. The van der Waals surface area contributed by atoms with Gasteiger partial charge in [-0.1, -0.05) is 11.6 Å². The predicted octanol–water partition coefficient (Wildman–Crippen LogP) is 2.28. The molecule has 0 radical (unpaired) electrons. The number of pyridine rings is 1. The lowest BCUT2D eigenvalue weighted by molar-refractivity contribution is 0.0239. The molecule has 0 amide bonds. The first kappa shape index (κ1) is 13.1. The molecule has 1 aromatic rings. The number of rotatable bonds is 3. The molecular weight excluding hydrogens is 226 g/mol. The van der Waals surface area contributed by atoms with E-state index in [4.69, 9.17) is 17.3 Å². The average Bonchev–Trinajstić information content (AvgIpc) is 2.08. The van der Waals surface area contributed by atoms with Crippen LogP contribution < -0.4 is 11.1 Å². The van der Waals surface area contributed by atoms with Crippen LogP contribution in [0.15, 0.2) is 12.3 Å². The van der Waals surface area contributed by atoms with Gasteiger partial charge < -0.3 is 16.2 Å². The van der Waals surface area contributed by atoms with Crippen molar-refractivity contribution < 1.29 is 5.11 Å². The van der Waals surface area contributed by atoms with E-state index in [1.807, 2.05) is 13.8 Å². The third kappa shape index (κ3) is 2.77. The smallest absolute Gasteiger partial charge is 0.149 e. The molecule has 90 valence electrons. The number of nitrogen functional groups attached to an aromatic ring is 1. The molecule has 5 heteroatoms. The van der Waals surface area contributed by atoms with Crippen molar-refractivity contribution in [2.45, 2.75) is 38.8 Å². The molecule has 0 saturated heterocycles. The van der Waals surface area contributed by atoms with Crippen molar-refractivity contribution in [1.29, 1.82) is 0 Å². The fourth-order valence-corrected chi connectivity index (χ4v) is 1.17. The summed E-state index contributed by atoms with van der Waals surface area (Å²) in [5, 5.41) is 13.6. The van der Waals surface area contributed by atoms with Crippen LogP contribution in [0.4, 0.5) is 11.5 Å². The van der Waals surface area contributed by atoms with E-state index in [1.54, 1.807) is 19.9 Å². The van der Waals surface area contributed by atoms with E-state index >= 15 is 0 Å². The number of nitrogens with one attached hydrogen (secondary N) is 1. The molecule has 4 N–H and O–H groups in total. The van der Waals surface area contributed by atoms with Gasteiger partial charge in [0.05, 0.1) is 21.8 Å². The maximum Gasteiger partial charge on any atom is 0.149 e. The van der Waals surface area contributed by atoms with Crippen LogP contribution in [0.25, 0.3) is 0 Å². The number of aromatic nitrogens is 1. The molecule has 0 aliphatic carbocycles. The van der Waals surface area contributed by atoms with E-state index in [9.17, 15) is 5.11 Å². The number of halogens is 1. The Bertz CT molecular complexity index is 385. The quantitative estimate of drug-likeness (QED) is 0.762. The predicted molar refractivity (Wildman–Crippen MR) is 67.7 cm³/mol. The third-order valence-corrected chi connectivity index (χ3v) is 3.05. The Morgan fingerprint density at radius 2 is 1.94 bits per heavy atom. The first-order chi connectivity index (χ1) is 7.13. The van der Waals surface area contributed by atoms with Gasteiger partial charge in [-0.3, -0.25) is 0 Å². The number of nitrogens with zero attached hydrogens (tertiary/aromatic N) is 1. The van der Waals surface area contributed by atoms with E-state index in [0.717, 1.165) is 0 Å². The van der Waals surface area contributed by atoms with Crippen molar-refractivity contribution in [3.8, 4) is 0 Å². The summed E-state index contributed by atoms with van der Waals surface area (Å²) >= 11 is 5.76. The van der Waals surface area contributed by atoms with Crippen molar-refractivity contribution in [3.05, 3.63) is 17.3 Å². The standard InChI is InChI=1S/C11H18ClN3O/c1-10(2,11(3,4)16)15-9-8(13)5-7(12)6-14-9/h5-6,16H,13H2,1-4H3,(H,14,15). The molecule has 0 spiro atoms. The number of nitrogens with two attached hydrogens (primary N) is 1. The SMILES string of the molecule is CC(C)(O)C(C)(C)Nc1ncc(Cl)cc1N. The molecule has 0 bridgehead atoms. The van der Waals surface area contributed by atoms with E-state index in [1.165, 1.54) is 6.20 Å². The molecule has 0 aliphatic rings. The third-order valence-electron chi connectivity index (χ3n) is 2.84. The Hall–Kier alpha value is -1.00. The second-order valence-electron chi connectivity index (χ2n) is 4.90. The van der Waals surface area contributed by atoms with Gasteiger partial charge in [-0.05, 0) is 33.8 Å². The van der Waals surface area contributed by atoms with Crippen LogP contribution in [0.1, 0.15) is 27.7 Å². The number of hydrogen-bond donors (Lipinski definition) is 3. The molecule has 4 nitrogen and oxygen atoms in total. The summed E-state index contributed by atoms with van der Waals surface area (Å²) in [6.07, 6.45) is 1.51. The van der Waals surface area contributed by atoms with Crippen molar-refractivity contribution in [2.24, 2.45) is 0 Å². The summed E-state index contributed by atoms with van der Waals surface area (Å²) in [5.74, 6) is 0.525. The fourth-order valence-electron chi connectivity index (χ4n) is 1.01. The van der Waals surface area contributed by atoms with Gasteiger partial charge in [-0.25, -0.2) is 4.98 Å². The lowest BCUT2D eigenvalue weighted by Crippen LogP contribution is -2.51. The average molecular weight is 244 g/mol. The molecule has 0 atom stereocenters. The molecule has 0 unspecified atom stereocenters. The first-order valence-corrected chi connectivity index (χ1v) is 5.43. The highest BCUT2D eigenvalue weighted by molar-refractivity contribution is 6.30. The Morgan fingerprint density at radius 1 is 1.38 bits per heavy atom. The topological polar surface area (TPSA) is 71.2 Å². The number of anilines is 2. The molecule has 1 rings (SSSR count). The van der Waals surface area contributed by atoms with E-state index in [2.05, 4.69) is 10.3 Å². The minimum atomic E-state index is -0.902. The van der Waals surface area contributed by atoms with Gasteiger partial charge in [0.2, 0.25) is 0 Å². The Balaban J connectivity index is 2.97. The van der Waals surface area contributed by atoms with E-state index < -0.39 is 11.1 Å². The Labute approximate surface area is 101 Å². The van der Waals surface area contributed by atoms with Crippen molar-refractivity contribution in [1.82, 2.24) is 4.98 Å². The summed E-state index contributed by atoms with van der Waals surface area (Å²) in [6, 6.07) is 1.62. The van der Waals surface area contributed by atoms with Crippen molar-refractivity contribution in [2.75, 3.05) is 11.1 Å². The normalized spacial score (nSPS) is 12.6.